The molecule has 0 aromatic rings. The summed E-state index contributed by atoms with van der Waals surface area (Å²) in [6.07, 6.45) is 53.9. The predicted octanol–water partition coefficient (Wildman–Crippen LogP) is 14.1. The molecule has 0 saturated heterocycles. The Labute approximate surface area is 361 Å². The third-order valence-corrected chi connectivity index (χ3v) is 10.9. The fraction of sp³-hybridized carbons (Fsp3) is 0.755. The van der Waals surface area contributed by atoms with Crippen LogP contribution in [0.4, 0.5) is 0 Å². The molecule has 1 unspecified atom stereocenters. The van der Waals surface area contributed by atoms with Crippen molar-refractivity contribution in [2.24, 2.45) is 5.73 Å². The summed E-state index contributed by atoms with van der Waals surface area (Å²) >= 11 is 0. The molecule has 342 valence electrons. The summed E-state index contributed by atoms with van der Waals surface area (Å²) in [7, 11) is -4.39. The first kappa shape index (κ1) is 56.7. The van der Waals surface area contributed by atoms with Crippen LogP contribution in [0.3, 0.4) is 0 Å². The highest BCUT2D eigenvalue weighted by atomic mass is 31.2. The van der Waals surface area contributed by atoms with Gasteiger partial charge < -0.3 is 20.1 Å². The number of esters is 2. The summed E-state index contributed by atoms with van der Waals surface area (Å²) in [4.78, 5) is 35.0. The van der Waals surface area contributed by atoms with E-state index in [0.717, 1.165) is 57.8 Å². The van der Waals surface area contributed by atoms with Crippen molar-refractivity contribution < 1.29 is 37.6 Å². The maximum Gasteiger partial charge on any atom is 0.472 e. The number of ether oxygens (including phenoxy) is 2. The van der Waals surface area contributed by atoms with Gasteiger partial charge in [-0.3, -0.25) is 18.6 Å². The molecule has 0 spiro atoms. The largest absolute Gasteiger partial charge is 0.472 e. The number of rotatable bonds is 44. The molecular formula is C49H88NO8P. The monoisotopic (exact) mass is 850 g/mol. The van der Waals surface area contributed by atoms with Crippen LogP contribution in [0.2, 0.25) is 0 Å². The smallest absolute Gasteiger partial charge is 0.462 e. The van der Waals surface area contributed by atoms with E-state index in [9.17, 15) is 19.0 Å². The Morgan fingerprint density at radius 1 is 0.508 bits per heavy atom. The van der Waals surface area contributed by atoms with Crippen molar-refractivity contribution in [2.75, 3.05) is 26.4 Å². The maximum atomic E-state index is 12.6. The lowest BCUT2D eigenvalue weighted by Crippen LogP contribution is -2.29. The van der Waals surface area contributed by atoms with Crippen LogP contribution in [0.25, 0.3) is 0 Å². The van der Waals surface area contributed by atoms with Crippen LogP contribution in [0, 0.1) is 0 Å². The molecule has 0 aromatic heterocycles. The van der Waals surface area contributed by atoms with Crippen LogP contribution < -0.4 is 5.73 Å². The average molecular weight is 850 g/mol. The minimum Gasteiger partial charge on any atom is -0.462 e. The molecule has 0 aromatic carbocycles. The molecule has 0 fully saturated rings. The number of carbonyl (C=O) groups excluding carboxylic acids is 2. The summed E-state index contributed by atoms with van der Waals surface area (Å²) in [5.41, 5.74) is 5.35. The number of nitrogens with two attached hydrogens (primary N) is 1. The van der Waals surface area contributed by atoms with E-state index in [1.807, 2.05) is 0 Å². The second-order valence-corrected chi connectivity index (χ2v) is 17.1. The van der Waals surface area contributed by atoms with Crippen molar-refractivity contribution in [1.82, 2.24) is 0 Å². The van der Waals surface area contributed by atoms with E-state index in [-0.39, 0.29) is 32.6 Å². The molecule has 0 saturated carbocycles. The molecule has 0 amide bonds. The molecule has 0 rings (SSSR count). The molecule has 2 atom stereocenters. The number of phosphoric acid groups is 1. The zero-order valence-electron chi connectivity index (χ0n) is 37.7. The summed E-state index contributed by atoms with van der Waals surface area (Å²) < 4.78 is 32.8. The number of phosphoric ester groups is 1. The third kappa shape index (κ3) is 45.1. The topological polar surface area (TPSA) is 134 Å². The lowest BCUT2D eigenvalue weighted by molar-refractivity contribution is -0.161. The van der Waals surface area contributed by atoms with Crippen molar-refractivity contribution in [3.8, 4) is 0 Å². The molecule has 0 aliphatic heterocycles. The molecule has 0 bridgehead atoms. The van der Waals surface area contributed by atoms with Crippen LogP contribution >= 0.6 is 7.82 Å². The lowest BCUT2D eigenvalue weighted by atomic mass is 10.1. The van der Waals surface area contributed by atoms with Crippen molar-refractivity contribution in [3.63, 3.8) is 0 Å². The quantitative estimate of drug-likeness (QED) is 0.0266. The molecular weight excluding hydrogens is 762 g/mol. The van der Waals surface area contributed by atoms with E-state index in [2.05, 4.69) is 74.6 Å². The normalized spacial score (nSPS) is 13.8. The Balaban J connectivity index is 4.17. The predicted molar refractivity (Wildman–Crippen MR) is 247 cm³/mol. The number of allylic oxidation sites excluding steroid dienone is 10. The van der Waals surface area contributed by atoms with Gasteiger partial charge >= 0.3 is 19.8 Å². The Bertz CT molecular complexity index is 1150. The van der Waals surface area contributed by atoms with Crippen LogP contribution in [0.1, 0.15) is 206 Å². The van der Waals surface area contributed by atoms with Gasteiger partial charge in [-0.05, 0) is 83.5 Å². The zero-order valence-corrected chi connectivity index (χ0v) is 38.6. The van der Waals surface area contributed by atoms with E-state index >= 15 is 0 Å². The van der Waals surface area contributed by atoms with Gasteiger partial charge in [-0.1, -0.05) is 171 Å². The molecule has 0 radical (unpaired) electrons. The van der Waals surface area contributed by atoms with Crippen LogP contribution in [0.15, 0.2) is 60.8 Å². The van der Waals surface area contributed by atoms with Gasteiger partial charge in [0.1, 0.15) is 6.61 Å². The highest BCUT2D eigenvalue weighted by Crippen LogP contribution is 2.43. The van der Waals surface area contributed by atoms with Gasteiger partial charge in [0.15, 0.2) is 6.10 Å². The van der Waals surface area contributed by atoms with Crippen LogP contribution in [0.5, 0.6) is 0 Å². The summed E-state index contributed by atoms with van der Waals surface area (Å²) in [5, 5.41) is 0. The minimum absolute atomic E-state index is 0.0455. The number of hydrogen-bond acceptors (Lipinski definition) is 8. The van der Waals surface area contributed by atoms with E-state index in [0.29, 0.717) is 6.42 Å². The van der Waals surface area contributed by atoms with Gasteiger partial charge in [0.25, 0.3) is 0 Å². The summed E-state index contributed by atoms with van der Waals surface area (Å²) in [6, 6.07) is 0. The van der Waals surface area contributed by atoms with E-state index in [4.69, 9.17) is 24.3 Å². The van der Waals surface area contributed by atoms with Gasteiger partial charge in [0.2, 0.25) is 0 Å². The Morgan fingerprint density at radius 3 is 1.37 bits per heavy atom. The SMILES string of the molecule is CCCCCC=CCC=CCC=CCC=CCCCCCC(=O)O[C@H](COC(=O)CCCCCCCCCCCC=CCCCCCCCC)COP(=O)(O)OCCN. The maximum absolute atomic E-state index is 12.6. The van der Waals surface area contributed by atoms with Gasteiger partial charge in [-0.15, -0.1) is 0 Å². The second kappa shape index (κ2) is 45.2. The standard InChI is InChI=1S/C49H88NO8P/c1-3-5-7-9-11-13-15-17-19-21-23-25-27-29-31-33-35-37-39-41-48(51)55-45-47(46-57-59(53,54)56-44-43-50)58-49(52)42-40-38-36-34-32-30-28-26-24-22-20-18-16-14-12-10-8-6-4-2/h12,14,17-20,24,26,30,32,47H,3-11,13,15-16,21-23,25,27-29,31,33-46,50H2,1-2H3,(H,53,54)/t47-/m1/s1. The van der Waals surface area contributed by atoms with E-state index in [1.165, 1.54) is 116 Å². The Kier molecular flexibility index (Phi) is 43.5. The van der Waals surface area contributed by atoms with Gasteiger partial charge in [-0.25, -0.2) is 4.57 Å². The first-order valence-electron chi connectivity index (χ1n) is 23.8. The Morgan fingerprint density at radius 2 is 0.881 bits per heavy atom. The number of hydrogen-bond donors (Lipinski definition) is 2. The van der Waals surface area contributed by atoms with Gasteiger partial charge in [0, 0.05) is 19.4 Å². The third-order valence-electron chi connectivity index (χ3n) is 9.88. The molecule has 3 N–H and O–H groups in total. The molecule has 10 heteroatoms. The highest BCUT2D eigenvalue weighted by molar-refractivity contribution is 7.47. The van der Waals surface area contributed by atoms with Crippen molar-refractivity contribution in [3.05, 3.63) is 60.8 Å². The molecule has 9 nitrogen and oxygen atoms in total. The highest BCUT2D eigenvalue weighted by Gasteiger charge is 2.26. The molecule has 0 aliphatic carbocycles. The van der Waals surface area contributed by atoms with Crippen LogP contribution in [-0.2, 0) is 32.7 Å². The van der Waals surface area contributed by atoms with Crippen molar-refractivity contribution >= 4 is 19.8 Å². The van der Waals surface area contributed by atoms with Gasteiger partial charge in [0.05, 0.1) is 13.2 Å². The molecule has 0 heterocycles. The van der Waals surface area contributed by atoms with Crippen molar-refractivity contribution in [2.45, 2.75) is 213 Å². The number of carbonyl (C=O) groups is 2. The first-order chi connectivity index (χ1) is 28.8. The molecule has 0 aliphatic rings. The van der Waals surface area contributed by atoms with Gasteiger partial charge in [-0.2, -0.15) is 0 Å². The summed E-state index contributed by atoms with van der Waals surface area (Å²) in [5.74, 6) is -0.867. The molecule has 59 heavy (non-hydrogen) atoms. The minimum atomic E-state index is -4.39. The Hall–Kier alpha value is -2.29. The summed E-state index contributed by atoms with van der Waals surface area (Å²) in [6.45, 7) is 3.67. The fourth-order valence-electron chi connectivity index (χ4n) is 6.32. The fourth-order valence-corrected chi connectivity index (χ4v) is 7.08. The number of unbranched alkanes of at least 4 members (excludes halogenated alkanes) is 21. The average Bonchev–Trinajstić information content (AvgIpc) is 3.22. The second-order valence-electron chi connectivity index (χ2n) is 15.6. The van der Waals surface area contributed by atoms with E-state index < -0.39 is 32.5 Å². The lowest BCUT2D eigenvalue weighted by Gasteiger charge is -2.19. The first-order valence-corrected chi connectivity index (χ1v) is 25.3. The zero-order chi connectivity index (χ0) is 43.2. The van der Waals surface area contributed by atoms with Crippen LogP contribution in [-0.4, -0.2) is 49.3 Å². The van der Waals surface area contributed by atoms with E-state index in [1.54, 1.807) is 0 Å². The van der Waals surface area contributed by atoms with Crippen molar-refractivity contribution in [1.29, 1.82) is 0 Å².